The number of aromatic nitrogens is 1. The Bertz CT molecular complexity index is 1110. The molecular formula is C22H24FN3O3S2. The van der Waals surface area contributed by atoms with Crippen LogP contribution in [0.3, 0.4) is 0 Å². The molecule has 9 heteroatoms. The van der Waals surface area contributed by atoms with E-state index < -0.39 is 15.8 Å². The molecule has 2 N–H and O–H groups in total. The monoisotopic (exact) mass is 461 g/mol. The lowest BCUT2D eigenvalue weighted by molar-refractivity contribution is -0.120. The predicted molar refractivity (Wildman–Crippen MR) is 120 cm³/mol. The maximum Gasteiger partial charge on any atom is 0.261 e. The van der Waals surface area contributed by atoms with E-state index in [4.69, 9.17) is 0 Å². The van der Waals surface area contributed by atoms with Crippen LogP contribution in [0.25, 0.3) is 0 Å². The van der Waals surface area contributed by atoms with Crippen molar-refractivity contribution in [2.75, 3.05) is 11.3 Å². The summed E-state index contributed by atoms with van der Waals surface area (Å²) in [5, 5.41) is 6.07. The highest BCUT2D eigenvalue weighted by Crippen LogP contribution is 2.17. The van der Waals surface area contributed by atoms with Gasteiger partial charge in [-0.15, -0.1) is 11.3 Å². The quantitative estimate of drug-likeness (QED) is 0.446. The van der Waals surface area contributed by atoms with Crippen LogP contribution in [0.4, 0.5) is 10.1 Å². The van der Waals surface area contributed by atoms with Gasteiger partial charge in [0.1, 0.15) is 5.82 Å². The van der Waals surface area contributed by atoms with Gasteiger partial charge in [0.2, 0.25) is 5.91 Å². The third-order valence-corrected chi connectivity index (χ3v) is 6.92. The second kappa shape index (κ2) is 10.5. The Morgan fingerprint density at radius 1 is 1.06 bits per heavy atom. The Morgan fingerprint density at radius 2 is 1.77 bits per heavy atom. The maximum atomic E-state index is 13.0. The van der Waals surface area contributed by atoms with E-state index in [1.807, 2.05) is 12.3 Å². The number of nitrogens with zero attached hydrogens (tertiary/aromatic N) is 1. The zero-order chi connectivity index (χ0) is 22.3. The summed E-state index contributed by atoms with van der Waals surface area (Å²) in [6.07, 6.45) is 2.99. The largest absolute Gasteiger partial charge is 0.356 e. The van der Waals surface area contributed by atoms with Crippen molar-refractivity contribution >= 4 is 33.0 Å². The molecule has 0 unspecified atom stereocenters. The van der Waals surface area contributed by atoms with Gasteiger partial charge >= 0.3 is 0 Å². The lowest BCUT2D eigenvalue weighted by Gasteiger charge is -2.09. The fraction of sp³-hybridized carbons (Fsp3) is 0.273. The molecule has 0 radical (unpaired) electrons. The number of benzene rings is 2. The average Bonchev–Trinajstić information content (AvgIpc) is 3.14. The van der Waals surface area contributed by atoms with E-state index in [1.165, 1.54) is 12.1 Å². The number of carbonyl (C=O) groups excluding carboxylic acids is 1. The highest BCUT2D eigenvalue weighted by atomic mass is 32.2. The minimum atomic E-state index is -3.80. The topological polar surface area (TPSA) is 88.2 Å². The smallest absolute Gasteiger partial charge is 0.261 e. The summed E-state index contributed by atoms with van der Waals surface area (Å²) in [6, 6.07) is 11.2. The third kappa shape index (κ3) is 7.15. The Morgan fingerprint density at radius 3 is 2.42 bits per heavy atom. The van der Waals surface area contributed by atoms with Crippen LogP contribution in [0.5, 0.6) is 0 Å². The average molecular weight is 462 g/mol. The fourth-order valence-corrected chi connectivity index (χ4v) is 4.79. The molecule has 0 fully saturated rings. The van der Waals surface area contributed by atoms with Crippen molar-refractivity contribution in [1.29, 1.82) is 0 Å². The van der Waals surface area contributed by atoms with Crippen LogP contribution in [0.15, 0.2) is 58.8 Å². The summed E-state index contributed by atoms with van der Waals surface area (Å²) < 4.78 is 40.1. The standard InChI is InChI=1S/C22H24FN3O3S2/c1-16-15-30-22(25-16)4-2-3-13-24-21(27)14-17-5-9-19(10-6-17)26-31(28,29)20-11-7-18(23)8-12-20/h5-12,15,26H,2-4,13-14H2,1H3,(H,24,27). The van der Waals surface area contributed by atoms with E-state index >= 15 is 0 Å². The molecule has 0 aliphatic heterocycles. The van der Waals surface area contributed by atoms with E-state index in [2.05, 4.69) is 15.0 Å². The number of nitrogens with one attached hydrogen (secondary N) is 2. The number of hydrogen-bond acceptors (Lipinski definition) is 5. The van der Waals surface area contributed by atoms with Crippen molar-refractivity contribution in [2.24, 2.45) is 0 Å². The van der Waals surface area contributed by atoms with E-state index in [-0.39, 0.29) is 17.2 Å². The molecule has 3 aromatic rings. The fourth-order valence-electron chi connectivity index (χ4n) is 2.91. The minimum Gasteiger partial charge on any atom is -0.356 e. The van der Waals surface area contributed by atoms with Crippen LogP contribution in [-0.4, -0.2) is 25.9 Å². The van der Waals surface area contributed by atoms with E-state index in [9.17, 15) is 17.6 Å². The van der Waals surface area contributed by atoms with Crippen molar-refractivity contribution in [2.45, 2.75) is 37.5 Å². The molecule has 164 valence electrons. The molecule has 0 saturated carbocycles. The zero-order valence-corrected chi connectivity index (χ0v) is 18.7. The van der Waals surface area contributed by atoms with Crippen LogP contribution < -0.4 is 10.0 Å². The molecule has 0 spiro atoms. The van der Waals surface area contributed by atoms with E-state index in [0.29, 0.717) is 12.2 Å². The number of unbranched alkanes of at least 4 members (excludes halogenated alkanes) is 1. The van der Waals surface area contributed by atoms with E-state index in [0.717, 1.165) is 47.7 Å². The summed E-state index contributed by atoms with van der Waals surface area (Å²) in [6.45, 7) is 2.59. The number of thiazole rings is 1. The van der Waals surface area contributed by atoms with Gasteiger partial charge in [0.25, 0.3) is 10.0 Å². The molecule has 31 heavy (non-hydrogen) atoms. The first-order valence-electron chi connectivity index (χ1n) is 9.87. The second-order valence-electron chi connectivity index (χ2n) is 7.12. The molecule has 1 aromatic heterocycles. The van der Waals surface area contributed by atoms with Gasteiger partial charge < -0.3 is 5.32 Å². The summed E-state index contributed by atoms with van der Waals surface area (Å²) in [5.74, 6) is -0.582. The Kier molecular flexibility index (Phi) is 7.75. The molecule has 6 nitrogen and oxygen atoms in total. The Balaban J connectivity index is 1.42. The highest BCUT2D eigenvalue weighted by Gasteiger charge is 2.14. The number of halogens is 1. The number of sulfonamides is 1. The lowest BCUT2D eigenvalue weighted by Crippen LogP contribution is -2.26. The van der Waals surface area contributed by atoms with Gasteiger partial charge in [-0.2, -0.15) is 0 Å². The van der Waals surface area contributed by atoms with Gasteiger partial charge in [-0.1, -0.05) is 12.1 Å². The van der Waals surface area contributed by atoms with Crippen molar-refractivity contribution in [3.8, 4) is 0 Å². The molecule has 3 rings (SSSR count). The first-order chi connectivity index (χ1) is 14.8. The minimum absolute atomic E-state index is 0.0256. The van der Waals surface area contributed by atoms with Gasteiger partial charge in [0, 0.05) is 23.3 Å². The van der Waals surface area contributed by atoms with Gasteiger partial charge in [0.15, 0.2) is 0 Å². The molecule has 1 amide bonds. The molecule has 0 atom stereocenters. The van der Waals surface area contributed by atoms with Crippen LogP contribution in [0, 0.1) is 12.7 Å². The number of amides is 1. The van der Waals surface area contributed by atoms with Gasteiger partial charge in [0.05, 0.1) is 16.3 Å². The molecule has 0 bridgehead atoms. The zero-order valence-electron chi connectivity index (χ0n) is 17.1. The number of aryl methyl sites for hydroxylation is 2. The molecule has 0 aliphatic carbocycles. The van der Waals surface area contributed by atoms with Gasteiger partial charge in [-0.05, 0) is 68.1 Å². The Hall–Kier alpha value is -2.78. The first-order valence-corrected chi connectivity index (χ1v) is 12.2. The number of carbonyl (C=O) groups is 1. The molecule has 0 aliphatic rings. The van der Waals surface area contributed by atoms with Crippen molar-refractivity contribution < 1.29 is 17.6 Å². The molecule has 1 heterocycles. The van der Waals surface area contributed by atoms with Gasteiger partial charge in [-0.3, -0.25) is 9.52 Å². The summed E-state index contributed by atoms with van der Waals surface area (Å²) >= 11 is 1.66. The molecular weight excluding hydrogens is 437 g/mol. The molecule has 2 aromatic carbocycles. The van der Waals surface area contributed by atoms with Crippen LogP contribution in [0.2, 0.25) is 0 Å². The number of rotatable bonds is 10. The van der Waals surface area contributed by atoms with Crippen LogP contribution >= 0.6 is 11.3 Å². The highest BCUT2D eigenvalue weighted by molar-refractivity contribution is 7.92. The number of anilines is 1. The number of hydrogen-bond donors (Lipinski definition) is 2. The summed E-state index contributed by atoms with van der Waals surface area (Å²) in [7, 11) is -3.80. The molecule has 0 saturated heterocycles. The van der Waals surface area contributed by atoms with Crippen LogP contribution in [0.1, 0.15) is 29.1 Å². The van der Waals surface area contributed by atoms with Crippen molar-refractivity contribution in [3.05, 3.63) is 76.0 Å². The third-order valence-electron chi connectivity index (χ3n) is 4.50. The van der Waals surface area contributed by atoms with E-state index in [1.54, 1.807) is 35.6 Å². The maximum absolute atomic E-state index is 13.0. The lowest BCUT2D eigenvalue weighted by atomic mass is 10.1. The second-order valence-corrected chi connectivity index (χ2v) is 9.75. The SMILES string of the molecule is Cc1csc(CCCCNC(=O)Cc2ccc(NS(=O)(=O)c3ccc(F)cc3)cc2)n1. The van der Waals surface area contributed by atoms with Crippen molar-refractivity contribution in [3.63, 3.8) is 0 Å². The normalized spacial score (nSPS) is 11.3. The Labute approximate surface area is 185 Å². The van der Waals surface area contributed by atoms with Gasteiger partial charge in [-0.25, -0.2) is 17.8 Å². The van der Waals surface area contributed by atoms with Crippen molar-refractivity contribution in [1.82, 2.24) is 10.3 Å². The van der Waals surface area contributed by atoms with Crippen LogP contribution in [-0.2, 0) is 27.7 Å². The first kappa shape index (κ1) is 22.9. The summed E-state index contributed by atoms with van der Waals surface area (Å²) in [5.41, 5.74) is 2.19. The predicted octanol–water partition coefficient (Wildman–Crippen LogP) is 4.07. The summed E-state index contributed by atoms with van der Waals surface area (Å²) in [4.78, 5) is 16.5.